The zero-order valence-electron chi connectivity index (χ0n) is 19.3. The van der Waals surface area contributed by atoms with E-state index in [9.17, 15) is 24.0 Å². The van der Waals surface area contributed by atoms with Crippen LogP contribution < -0.4 is 5.56 Å². The number of aliphatic hydroxyl groups excluding tert-OH is 1. The normalized spacial score (nSPS) is 13.9. The first-order chi connectivity index (χ1) is 16.8. The molecule has 0 aliphatic heterocycles. The number of nitrogens with zero attached hydrogens (tertiary/aromatic N) is 3. The molecule has 9 heteroatoms. The number of carboxylic acid groups (broad SMARTS) is 1. The highest BCUT2D eigenvalue weighted by atomic mass is 32.2. The first-order valence-corrected chi connectivity index (χ1v) is 12.2. The highest BCUT2D eigenvalue weighted by Crippen LogP contribution is 2.28. The summed E-state index contributed by atoms with van der Waals surface area (Å²) in [6, 6.07) is 18.9. The summed E-state index contributed by atoms with van der Waals surface area (Å²) >= 11 is 0. The number of hydrogen-bond acceptors (Lipinski definition) is 6. The third kappa shape index (κ3) is 5.21. The molecule has 8 nitrogen and oxygen atoms in total. The van der Waals surface area contributed by atoms with Crippen LogP contribution in [-0.4, -0.2) is 35.4 Å². The third-order valence-electron chi connectivity index (χ3n) is 5.95. The Bertz CT molecular complexity index is 1470. The van der Waals surface area contributed by atoms with E-state index in [0.717, 1.165) is 15.8 Å². The number of hydrogen-bond donors (Lipinski definition) is 2. The van der Waals surface area contributed by atoms with Gasteiger partial charge in [0.05, 0.1) is 28.2 Å². The van der Waals surface area contributed by atoms with Crippen LogP contribution in [0.5, 0.6) is 0 Å². The molecule has 1 aromatic heterocycles. The fourth-order valence-electron chi connectivity index (χ4n) is 4.00. The van der Waals surface area contributed by atoms with Gasteiger partial charge in [-0.15, -0.1) is 5.10 Å². The Labute approximate surface area is 204 Å². The molecule has 180 valence electrons. The quantitative estimate of drug-likeness (QED) is 0.387. The Morgan fingerprint density at radius 2 is 1.77 bits per heavy atom. The van der Waals surface area contributed by atoms with Crippen molar-refractivity contribution in [1.82, 2.24) is 15.0 Å². The van der Waals surface area contributed by atoms with E-state index in [-0.39, 0.29) is 18.5 Å². The number of fused-ring (bicyclic) bond motifs is 1. The minimum absolute atomic E-state index is 0.0144. The molecule has 0 amide bonds. The lowest BCUT2D eigenvalue weighted by molar-refractivity contribution is -0.146. The maximum atomic E-state index is 13.0. The van der Waals surface area contributed by atoms with E-state index in [1.165, 1.54) is 0 Å². The Morgan fingerprint density at radius 1 is 1.06 bits per heavy atom. The van der Waals surface area contributed by atoms with Crippen LogP contribution >= 0.6 is 0 Å². The van der Waals surface area contributed by atoms with Crippen molar-refractivity contribution in [2.24, 2.45) is 5.92 Å². The van der Waals surface area contributed by atoms with Crippen LogP contribution in [0.25, 0.3) is 10.9 Å². The van der Waals surface area contributed by atoms with Crippen LogP contribution in [0.3, 0.4) is 0 Å². The van der Waals surface area contributed by atoms with Crippen molar-refractivity contribution in [3.8, 4) is 0 Å². The minimum atomic E-state index is -1.40. The monoisotopic (exact) mass is 491 g/mol. The van der Waals surface area contributed by atoms with E-state index >= 15 is 0 Å². The summed E-state index contributed by atoms with van der Waals surface area (Å²) in [6.07, 6.45) is -1.35. The molecule has 3 aromatic carbocycles. The second kappa shape index (κ2) is 10.3. The van der Waals surface area contributed by atoms with E-state index in [1.54, 1.807) is 48.5 Å². The van der Waals surface area contributed by atoms with Crippen molar-refractivity contribution in [1.29, 1.82) is 0 Å². The molecule has 2 N–H and O–H groups in total. The maximum Gasteiger partial charge on any atom is 0.309 e. The lowest BCUT2D eigenvalue weighted by Gasteiger charge is -2.20. The fraction of sp³-hybridized carbons (Fsp3) is 0.231. The molecule has 0 spiro atoms. The predicted molar refractivity (Wildman–Crippen MR) is 132 cm³/mol. The summed E-state index contributed by atoms with van der Waals surface area (Å²) in [5, 5.41) is 28.8. The second-order valence-electron chi connectivity index (χ2n) is 8.42. The number of aromatic nitrogens is 3. The summed E-state index contributed by atoms with van der Waals surface area (Å²) in [5.41, 5.74) is 2.48. The number of aryl methyl sites for hydroxylation is 3. The Kier molecular flexibility index (Phi) is 7.18. The first kappa shape index (κ1) is 24.4. The van der Waals surface area contributed by atoms with Crippen LogP contribution in [0.1, 0.15) is 29.2 Å². The summed E-state index contributed by atoms with van der Waals surface area (Å²) in [4.78, 5) is 25.8. The first-order valence-electron chi connectivity index (χ1n) is 11.1. The topological polar surface area (TPSA) is 122 Å². The van der Waals surface area contributed by atoms with Gasteiger partial charge in [0.15, 0.2) is 0 Å². The molecule has 0 saturated heterocycles. The maximum absolute atomic E-state index is 13.0. The van der Waals surface area contributed by atoms with Gasteiger partial charge in [0, 0.05) is 16.3 Å². The van der Waals surface area contributed by atoms with Gasteiger partial charge in [-0.2, -0.15) is 0 Å². The van der Waals surface area contributed by atoms with E-state index < -0.39 is 28.8 Å². The highest BCUT2D eigenvalue weighted by Gasteiger charge is 2.28. The van der Waals surface area contributed by atoms with Gasteiger partial charge in [0.25, 0.3) is 5.56 Å². The molecule has 0 aliphatic rings. The van der Waals surface area contributed by atoms with Gasteiger partial charge >= 0.3 is 5.97 Å². The lowest BCUT2D eigenvalue weighted by atomic mass is 9.93. The van der Waals surface area contributed by atoms with E-state index in [0.29, 0.717) is 26.3 Å². The minimum Gasteiger partial charge on any atom is -0.481 e. The molecule has 4 rings (SSSR count). The van der Waals surface area contributed by atoms with Crippen molar-refractivity contribution in [2.75, 3.05) is 0 Å². The summed E-state index contributed by atoms with van der Waals surface area (Å²) in [6.45, 7) is 3.86. The molecule has 1 heterocycles. The van der Waals surface area contributed by atoms with Gasteiger partial charge in [-0.3, -0.25) is 9.59 Å². The smallest absolute Gasteiger partial charge is 0.309 e. The molecule has 4 aromatic rings. The van der Waals surface area contributed by atoms with Gasteiger partial charge in [0.1, 0.15) is 5.52 Å². The molecule has 0 fully saturated rings. The third-order valence-corrected chi connectivity index (χ3v) is 7.50. The number of aliphatic carboxylic acids is 1. The Hall–Kier alpha value is -3.69. The number of benzene rings is 3. The van der Waals surface area contributed by atoms with E-state index in [1.807, 2.05) is 32.0 Å². The number of carboxylic acids is 1. The molecule has 2 unspecified atom stereocenters. The van der Waals surface area contributed by atoms with Crippen molar-refractivity contribution in [3.63, 3.8) is 0 Å². The molecule has 0 radical (unpaired) electrons. The zero-order valence-corrected chi connectivity index (χ0v) is 20.1. The molecule has 0 aliphatic carbocycles. The molecule has 3 atom stereocenters. The standard InChI is InChI=1S/C26H25N3O5S/c1-16-7-12-23(17(2)15-16)35(34)19-10-8-18(9-11-19)24(30)21(26(32)33)13-14-29-25(31)20-5-3-4-6-22(20)27-28-29/h3-12,15,21,24,30H,13-14H2,1-2H3,(H,32,33)/t21-,24?,35?/m0/s1. The van der Waals surface area contributed by atoms with Gasteiger partial charge in [-0.05, 0) is 61.7 Å². The van der Waals surface area contributed by atoms with Gasteiger partial charge in [-0.25, -0.2) is 8.89 Å². The second-order valence-corrected chi connectivity index (χ2v) is 9.87. The van der Waals surface area contributed by atoms with Crippen LogP contribution in [0.2, 0.25) is 0 Å². The summed E-state index contributed by atoms with van der Waals surface area (Å²) in [5.74, 6) is -2.37. The van der Waals surface area contributed by atoms with Crippen LogP contribution in [0, 0.1) is 19.8 Å². The molecular weight excluding hydrogens is 466 g/mol. The number of carbonyl (C=O) groups is 1. The van der Waals surface area contributed by atoms with Crippen LogP contribution in [0.4, 0.5) is 0 Å². The van der Waals surface area contributed by atoms with Crippen LogP contribution in [0.15, 0.2) is 81.3 Å². The summed E-state index contributed by atoms with van der Waals surface area (Å²) in [7, 11) is -1.40. The summed E-state index contributed by atoms with van der Waals surface area (Å²) < 4.78 is 14.1. The Balaban J connectivity index is 1.51. The Morgan fingerprint density at radius 3 is 2.46 bits per heavy atom. The predicted octanol–water partition coefficient (Wildman–Crippen LogP) is 3.40. The average molecular weight is 492 g/mol. The fourth-order valence-corrected chi connectivity index (χ4v) is 5.18. The molecule has 35 heavy (non-hydrogen) atoms. The molecular formula is C26H25N3O5S. The van der Waals surface area contributed by atoms with Gasteiger partial charge in [-0.1, -0.05) is 47.2 Å². The van der Waals surface area contributed by atoms with E-state index in [4.69, 9.17) is 0 Å². The van der Waals surface area contributed by atoms with Crippen molar-refractivity contribution in [2.45, 2.75) is 42.7 Å². The van der Waals surface area contributed by atoms with Crippen molar-refractivity contribution >= 4 is 27.7 Å². The average Bonchev–Trinajstić information content (AvgIpc) is 2.85. The van der Waals surface area contributed by atoms with Crippen molar-refractivity contribution < 1.29 is 19.2 Å². The van der Waals surface area contributed by atoms with Crippen molar-refractivity contribution in [3.05, 3.63) is 93.8 Å². The number of rotatable bonds is 8. The number of aliphatic hydroxyl groups is 1. The van der Waals surface area contributed by atoms with Crippen LogP contribution in [-0.2, 0) is 22.1 Å². The largest absolute Gasteiger partial charge is 0.481 e. The zero-order chi connectivity index (χ0) is 25.1. The molecule has 0 saturated carbocycles. The SMILES string of the molecule is Cc1ccc(S(=O)c2ccc(C(O)[C@H](CCn3nnc4ccccc4c3=O)C(=O)O)cc2)c(C)c1. The van der Waals surface area contributed by atoms with Gasteiger partial charge in [0.2, 0.25) is 0 Å². The molecule has 0 bridgehead atoms. The highest BCUT2D eigenvalue weighted by molar-refractivity contribution is 7.85. The van der Waals surface area contributed by atoms with E-state index in [2.05, 4.69) is 10.3 Å². The lowest BCUT2D eigenvalue weighted by Crippen LogP contribution is -2.29. The van der Waals surface area contributed by atoms with Gasteiger partial charge < -0.3 is 10.2 Å².